The van der Waals surface area contributed by atoms with Crippen molar-refractivity contribution >= 4 is 6.16 Å². The molecule has 0 aliphatic heterocycles. The molecule has 0 aliphatic rings. The summed E-state index contributed by atoms with van der Waals surface area (Å²) < 4.78 is 8.80. The van der Waals surface area contributed by atoms with Gasteiger partial charge in [0.2, 0.25) is 0 Å². The molecule has 0 heterocycles. The topological polar surface area (TPSA) is 76.0 Å². The Bertz CT molecular complexity index is 133. The second-order valence-electron chi connectivity index (χ2n) is 1.68. The van der Waals surface area contributed by atoms with E-state index in [0.717, 1.165) is 6.26 Å². The summed E-state index contributed by atoms with van der Waals surface area (Å²) in [5.74, 6) is 0. The summed E-state index contributed by atoms with van der Waals surface area (Å²) in [6.07, 6.45) is -0.939. The van der Waals surface area contributed by atoms with Gasteiger partial charge in [0.05, 0.1) is 12.9 Å². The summed E-state index contributed by atoms with van der Waals surface area (Å²) in [6.45, 7) is 2.74. The largest absolute Gasteiger partial charge is 0.505 e. The maximum Gasteiger partial charge on any atom is 0.505 e. The molecule has 0 saturated heterocycles. The zero-order valence-electron chi connectivity index (χ0n) is 5.90. The molecule has 0 bridgehead atoms. The normalized spacial score (nSPS) is 11.7. The SMILES string of the molecule is C=COC(CO)COC(=O)O. The molecule has 1 atom stereocenters. The van der Waals surface area contributed by atoms with Gasteiger partial charge in [0, 0.05) is 0 Å². The lowest BCUT2D eigenvalue weighted by molar-refractivity contribution is 0.00684. The summed E-state index contributed by atoms with van der Waals surface area (Å²) >= 11 is 0. The molecule has 0 fully saturated rings. The Kier molecular flexibility index (Phi) is 4.93. The molecule has 11 heavy (non-hydrogen) atoms. The van der Waals surface area contributed by atoms with E-state index in [9.17, 15) is 4.79 Å². The van der Waals surface area contributed by atoms with Crippen LogP contribution >= 0.6 is 0 Å². The smallest absolute Gasteiger partial charge is 0.493 e. The molecule has 5 heteroatoms. The molecule has 0 spiro atoms. The van der Waals surface area contributed by atoms with Crippen molar-refractivity contribution in [3.8, 4) is 0 Å². The van der Waals surface area contributed by atoms with E-state index in [0.29, 0.717) is 0 Å². The van der Waals surface area contributed by atoms with Crippen LogP contribution in [0.25, 0.3) is 0 Å². The van der Waals surface area contributed by atoms with Crippen molar-refractivity contribution in [2.75, 3.05) is 13.2 Å². The number of carbonyl (C=O) groups is 1. The van der Waals surface area contributed by atoms with Crippen LogP contribution in [0.3, 0.4) is 0 Å². The van der Waals surface area contributed by atoms with E-state index in [-0.39, 0.29) is 13.2 Å². The summed E-state index contributed by atoms with van der Waals surface area (Å²) in [4.78, 5) is 9.84. The van der Waals surface area contributed by atoms with Gasteiger partial charge in [-0.25, -0.2) is 4.79 Å². The van der Waals surface area contributed by atoms with Crippen molar-refractivity contribution in [2.45, 2.75) is 6.10 Å². The van der Waals surface area contributed by atoms with Crippen LogP contribution in [0.5, 0.6) is 0 Å². The van der Waals surface area contributed by atoms with Gasteiger partial charge in [-0.05, 0) is 0 Å². The van der Waals surface area contributed by atoms with Crippen molar-refractivity contribution in [1.82, 2.24) is 0 Å². The Morgan fingerprint density at radius 1 is 1.73 bits per heavy atom. The predicted octanol–water partition coefficient (Wildman–Crippen LogP) is 0.202. The molecule has 0 rings (SSSR count). The molecular weight excluding hydrogens is 152 g/mol. The first kappa shape index (κ1) is 9.77. The fourth-order valence-electron chi connectivity index (χ4n) is 0.435. The molecular formula is C6H10O5. The highest BCUT2D eigenvalue weighted by Crippen LogP contribution is 1.92. The molecule has 0 amide bonds. The van der Waals surface area contributed by atoms with E-state index in [2.05, 4.69) is 16.1 Å². The molecule has 64 valence electrons. The Labute approximate surface area is 63.9 Å². The van der Waals surface area contributed by atoms with Gasteiger partial charge in [0.25, 0.3) is 0 Å². The number of aliphatic hydroxyl groups is 1. The van der Waals surface area contributed by atoms with Crippen molar-refractivity contribution in [3.05, 3.63) is 12.8 Å². The standard InChI is InChI=1S/C6H10O5/c1-2-10-5(3-7)4-11-6(8)9/h2,5,7H,1,3-4H2,(H,8,9). The average molecular weight is 162 g/mol. The van der Waals surface area contributed by atoms with Crippen LogP contribution in [-0.4, -0.2) is 35.7 Å². The molecule has 0 aromatic carbocycles. The van der Waals surface area contributed by atoms with Gasteiger partial charge in [0.1, 0.15) is 6.61 Å². The van der Waals surface area contributed by atoms with Crippen molar-refractivity contribution < 1.29 is 24.5 Å². The zero-order chi connectivity index (χ0) is 8.69. The van der Waals surface area contributed by atoms with Gasteiger partial charge in [-0.3, -0.25) is 0 Å². The number of rotatable bonds is 5. The first-order valence-electron chi connectivity index (χ1n) is 2.93. The van der Waals surface area contributed by atoms with Crippen molar-refractivity contribution in [2.24, 2.45) is 0 Å². The van der Waals surface area contributed by atoms with Gasteiger partial charge in [-0.15, -0.1) is 0 Å². The molecule has 0 aromatic rings. The van der Waals surface area contributed by atoms with Crippen molar-refractivity contribution in [1.29, 1.82) is 0 Å². The number of hydrogen-bond donors (Lipinski definition) is 2. The lowest BCUT2D eigenvalue weighted by Crippen LogP contribution is -2.23. The van der Waals surface area contributed by atoms with Crippen LogP contribution in [-0.2, 0) is 9.47 Å². The summed E-state index contributed by atoms with van der Waals surface area (Å²) in [5, 5.41) is 16.6. The monoisotopic (exact) mass is 162 g/mol. The van der Waals surface area contributed by atoms with Crippen molar-refractivity contribution in [3.63, 3.8) is 0 Å². The highest BCUT2D eigenvalue weighted by Gasteiger charge is 2.08. The van der Waals surface area contributed by atoms with Crippen LogP contribution in [0.2, 0.25) is 0 Å². The minimum absolute atomic E-state index is 0.197. The Morgan fingerprint density at radius 3 is 2.73 bits per heavy atom. The summed E-state index contributed by atoms with van der Waals surface area (Å²) in [6, 6.07) is 0. The predicted molar refractivity (Wildman–Crippen MR) is 36.1 cm³/mol. The van der Waals surface area contributed by atoms with Gasteiger partial charge in [-0.2, -0.15) is 0 Å². The minimum atomic E-state index is -1.39. The van der Waals surface area contributed by atoms with Crippen LogP contribution < -0.4 is 0 Å². The van der Waals surface area contributed by atoms with Crippen LogP contribution in [0.15, 0.2) is 12.8 Å². The zero-order valence-corrected chi connectivity index (χ0v) is 5.90. The van der Waals surface area contributed by atoms with Gasteiger partial charge in [0.15, 0.2) is 6.10 Å². The second-order valence-corrected chi connectivity index (χ2v) is 1.68. The minimum Gasteiger partial charge on any atom is -0.493 e. The van der Waals surface area contributed by atoms with Crippen LogP contribution in [0.1, 0.15) is 0 Å². The quantitative estimate of drug-likeness (QED) is 0.446. The maximum absolute atomic E-state index is 9.84. The second kappa shape index (κ2) is 5.55. The highest BCUT2D eigenvalue weighted by atomic mass is 16.7. The molecule has 5 nitrogen and oxygen atoms in total. The fourth-order valence-corrected chi connectivity index (χ4v) is 0.435. The van der Waals surface area contributed by atoms with E-state index in [1.807, 2.05) is 0 Å². The average Bonchev–Trinajstić information content (AvgIpc) is 1.97. The summed E-state index contributed by atoms with van der Waals surface area (Å²) in [5.41, 5.74) is 0. The van der Waals surface area contributed by atoms with Gasteiger partial charge >= 0.3 is 6.16 Å². The van der Waals surface area contributed by atoms with E-state index in [1.165, 1.54) is 0 Å². The van der Waals surface area contributed by atoms with Gasteiger partial charge in [-0.1, -0.05) is 6.58 Å². The third-order valence-electron chi connectivity index (χ3n) is 0.885. The molecule has 0 aliphatic carbocycles. The number of aliphatic hydroxyl groups excluding tert-OH is 1. The first-order valence-corrected chi connectivity index (χ1v) is 2.93. The molecule has 2 N–H and O–H groups in total. The molecule has 0 saturated carbocycles. The molecule has 0 aromatic heterocycles. The van der Waals surface area contributed by atoms with E-state index >= 15 is 0 Å². The third kappa shape index (κ3) is 5.23. The Hall–Kier alpha value is -1.23. The number of carboxylic acid groups (broad SMARTS) is 1. The maximum atomic E-state index is 9.84. The summed E-state index contributed by atoms with van der Waals surface area (Å²) in [7, 11) is 0. The molecule has 1 unspecified atom stereocenters. The Balaban J connectivity index is 3.51. The molecule has 0 radical (unpaired) electrons. The number of ether oxygens (including phenoxy) is 2. The first-order chi connectivity index (χ1) is 5.20. The number of hydrogen-bond acceptors (Lipinski definition) is 4. The Morgan fingerprint density at radius 2 is 2.36 bits per heavy atom. The van der Waals surface area contributed by atoms with Crippen LogP contribution in [0, 0.1) is 0 Å². The van der Waals surface area contributed by atoms with E-state index in [1.54, 1.807) is 0 Å². The van der Waals surface area contributed by atoms with Crippen LogP contribution in [0.4, 0.5) is 4.79 Å². The lowest BCUT2D eigenvalue weighted by Gasteiger charge is -2.11. The lowest BCUT2D eigenvalue weighted by atomic mass is 10.4. The van der Waals surface area contributed by atoms with Gasteiger partial charge < -0.3 is 19.7 Å². The fraction of sp³-hybridized carbons (Fsp3) is 0.500. The third-order valence-corrected chi connectivity index (χ3v) is 0.885. The van der Waals surface area contributed by atoms with E-state index < -0.39 is 12.3 Å². The van der Waals surface area contributed by atoms with E-state index in [4.69, 9.17) is 10.2 Å². The highest BCUT2D eigenvalue weighted by molar-refractivity contribution is 5.56.